The number of hydrogen-bond donors (Lipinski definition) is 1. The average Bonchev–Trinajstić information content (AvgIpc) is 3.34. The molecule has 1 heterocycles. The quantitative estimate of drug-likeness (QED) is 0.267. The van der Waals surface area contributed by atoms with Gasteiger partial charge in [0.05, 0.1) is 11.2 Å². The first-order chi connectivity index (χ1) is 19.0. The normalized spacial score (nSPS) is 17.4. The SMILES string of the molecule is CC(=O)c1ccc(C=C(CNC(=O)OCC2c3ccccc3-c3ccccc32)B2OC(C)(C)C(C)(C)O2)cc1C. The fraction of sp³-hybridized carbons (Fsp3) is 0.333. The van der Waals surface area contributed by atoms with Crippen molar-refractivity contribution < 1.29 is 23.6 Å². The number of benzene rings is 3. The van der Waals surface area contributed by atoms with Crippen LogP contribution in [0.4, 0.5) is 4.79 Å². The summed E-state index contributed by atoms with van der Waals surface area (Å²) < 4.78 is 18.4. The molecule has 5 rings (SSSR count). The molecule has 0 bridgehead atoms. The number of carbonyl (C=O) groups is 2. The first kappa shape index (κ1) is 27.9. The van der Waals surface area contributed by atoms with Gasteiger partial charge in [-0.05, 0) is 80.4 Å². The van der Waals surface area contributed by atoms with Crippen molar-refractivity contribution in [2.75, 3.05) is 13.2 Å². The van der Waals surface area contributed by atoms with E-state index in [2.05, 4.69) is 29.6 Å². The molecule has 1 N–H and O–H groups in total. The summed E-state index contributed by atoms with van der Waals surface area (Å²) in [4.78, 5) is 24.8. The molecule has 1 aliphatic heterocycles. The van der Waals surface area contributed by atoms with Gasteiger partial charge in [-0.3, -0.25) is 4.79 Å². The zero-order chi connectivity index (χ0) is 28.7. The smallest absolute Gasteiger partial charge is 0.449 e. The maximum Gasteiger partial charge on any atom is 0.492 e. The van der Waals surface area contributed by atoms with E-state index in [1.54, 1.807) is 6.92 Å². The average molecular weight is 537 g/mol. The van der Waals surface area contributed by atoms with Crippen molar-refractivity contribution in [3.05, 3.63) is 100 Å². The van der Waals surface area contributed by atoms with Crippen LogP contribution < -0.4 is 5.32 Å². The number of alkyl carbamates (subject to hydrolysis) is 1. The van der Waals surface area contributed by atoms with Gasteiger partial charge in [-0.25, -0.2) is 4.79 Å². The highest BCUT2D eigenvalue weighted by molar-refractivity contribution is 6.56. The van der Waals surface area contributed by atoms with Crippen LogP contribution in [0.3, 0.4) is 0 Å². The monoisotopic (exact) mass is 537 g/mol. The lowest BCUT2D eigenvalue weighted by Gasteiger charge is -2.32. The molecule has 0 saturated carbocycles. The molecule has 0 spiro atoms. The molecule has 2 aliphatic rings. The van der Waals surface area contributed by atoms with Crippen LogP contribution in [0.25, 0.3) is 17.2 Å². The van der Waals surface area contributed by atoms with Crippen molar-refractivity contribution in [2.24, 2.45) is 0 Å². The van der Waals surface area contributed by atoms with Gasteiger partial charge in [0.2, 0.25) is 0 Å². The molecular formula is C33H36BNO5. The second-order valence-corrected chi connectivity index (χ2v) is 11.6. The van der Waals surface area contributed by atoms with E-state index >= 15 is 0 Å². The fourth-order valence-electron chi connectivity index (χ4n) is 5.41. The second-order valence-electron chi connectivity index (χ2n) is 11.6. The Morgan fingerprint density at radius 2 is 1.50 bits per heavy atom. The van der Waals surface area contributed by atoms with Gasteiger partial charge in [0.1, 0.15) is 6.61 Å². The summed E-state index contributed by atoms with van der Waals surface area (Å²) in [5.41, 5.74) is 6.85. The molecule has 40 heavy (non-hydrogen) atoms. The third-order valence-electron chi connectivity index (χ3n) is 8.32. The molecule has 1 amide bonds. The van der Waals surface area contributed by atoms with Crippen LogP contribution in [0.15, 0.2) is 72.2 Å². The number of Topliss-reactive ketones (excluding diaryl/α,β-unsaturated/α-hetero) is 1. The Morgan fingerprint density at radius 3 is 2.05 bits per heavy atom. The zero-order valence-corrected chi connectivity index (χ0v) is 24.0. The minimum Gasteiger partial charge on any atom is -0.449 e. The number of hydrogen-bond acceptors (Lipinski definition) is 5. The summed E-state index contributed by atoms with van der Waals surface area (Å²) in [5, 5.41) is 2.91. The van der Waals surface area contributed by atoms with Gasteiger partial charge in [-0.1, -0.05) is 72.8 Å². The van der Waals surface area contributed by atoms with Crippen molar-refractivity contribution in [3.8, 4) is 11.1 Å². The Labute approximate surface area is 236 Å². The minimum absolute atomic E-state index is 0.0148. The van der Waals surface area contributed by atoms with Crippen molar-refractivity contribution in [2.45, 2.75) is 58.7 Å². The number of aryl methyl sites for hydroxylation is 1. The predicted octanol–water partition coefficient (Wildman–Crippen LogP) is 6.75. The zero-order valence-electron chi connectivity index (χ0n) is 24.0. The number of ketones is 1. The Morgan fingerprint density at radius 1 is 0.925 bits per heavy atom. The van der Waals surface area contributed by atoms with Crippen LogP contribution in [0.5, 0.6) is 0 Å². The second kappa shape index (κ2) is 10.7. The molecule has 1 aliphatic carbocycles. The number of ether oxygens (including phenoxy) is 1. The molecule has 1 fully saturated rings. The molecule has 3 aromatic rings. The maximum absolute atomic E-state index is 12.9. The molecule has 6 nitrogen and oxygen atoms in total. The molecule has 0 aromatic heterocycles. The van der Waals surface area contributed by atoms with Crippen LogP contribution in [0.2, 0.25) is 0 Å². The first-order valence-electron chi connectivity index (χ1n) is 13.7. The number of nitrogens with one attached hydrogen (secondary N) is 1. The van der Waals surface area contributed by atoms with Crippen molar-refractivity contribution in [1.29, 1.82) is 0 Å². The third-order valence-corrected chi connectivity index (χ3v) is 8.32. The Balaban J connectivity index is 1.32. The summed E-state index contributed by atoms with van der Waals surface area (Å²) in [7, 11) is -0.647. The van der Waals surface area contributed by atoms with E-state index in [1.165, 1.54) is 22.3 Å². The third kappa shape index (κ3) is 5.36. The highest BCUT2D eigenvalue weighted by atomic mass is 16.7. The highest BCUT2D eigenvalue weighted by Crippen LogP contribution is 2.44. The van der Waals surface area contributed by atoms with E-state index in [-0.39, 0.29) is 24.9 Å². The van der Waals surface area contributed by atoms with Gasteiger partial charge in [0.25, 0.3) is 0 Å². The lowest BCUT2D eigenvalue weighted by atomic mass is 9.77. The van der Waals surface area contributed by atoms with E-state index in [0.29, 0.717) is 5.56 Å². The van der Waals surface area contributed by atoms with Crippen molar-refractivity contribution in [3.63, 3.8) is 0 Å². The predicted molar refractivity (Wildman–Crippen MR) is 158 cm³/mol. The van der Waals surface area contributed by atoms with Crippen LogP contribution in [-0.2, 0) is 14.0 Å². The summed E-state index contributed by atoms with van der Waals surface area (Å²) in [5.74, 6) is 0.00941. The van der Waals surface area contributed by atoms with Gasteiger partial charge >= 0.3 is 13.2 Å². The molecule has 7 heteroatoms. The highest BCUT2D eigenvalue weighted by Gasteiger charge is 2.52. The Hall–Kier alpha value is -3.68. The van der Waals surface area contributed by atoms with Crippen LogP contribution >= 0.6 is 0 Å². The number of carbonyl (C=O) groups excluding carboxylic acids is 2. The summed E-state index contributed by atoms with van der Waals surface area (Å²) in [6.45, 7) is 11.9. The lowest BCUT2D eigenvalue weighted by Crippen LogP contribution is -2.41. The molecule has 0 atom stereocenters. The lowest BCUT2D eigenvalue weighted by molar-refractivity contribution is 0.00578. The van der Waals surface area contributed by atoms with Crippen molar-refractivity contribution in [1.82, 2.24) is 5.32 Å². The van der Waals surface area contributed by atoms with Gasteiger partial charge in [0, 0.05) is 18.0 Å². The van der Waals surface area contributed by atoms with Gasteiger partial charge < -0.3 is 19.4 Å². The first-order valence-corrected chi connectivity index (χ1v) is 13.7. The van der Waals surface area contributed by atoms with Gasteiger partial charge in [-0.15, -0.1) is 0 Å². The standard InChI is InChI=1S/C33H36BNO5/c1-21-17-23(15-16-25(21)22(2)36)18-24(34-39-32(3,4)33(5,6)40-34)19-35-31(37)38-20-30-28-13-9-7-11-26(28)27-12-8-10-14-29(27)30/h7-18,30H,19-20H2,1-6H3,(H,35,37). The van der Waals surface area contributed by atoms with Crippen LogP contribution in [0, 0.1) is 6.92 Å². The largest absolute Gasteiger partial charge is 0.492 e. The topological polar surface area (TPSA) is 73.9 Å². The van der Waals surface area contributed by atoms with E-state index < -0.39 is 24.4 Å². The minimum atomic E-state index is -0.647. The molecule has 3 aromatic carbocycles. The molecule has 0 radical (unpaired) electrons. The van der Waals surface area contributed by atoms with Crippen molar-refractivity contribution >= 4 is 25.1 Å². The van der Waals surface area contributed by atoms with E-state index in [4.69, 9.17) is 14.0 Å². The van der Waals surface area contributed by atoms with E-state index in [1.807, 2.05) is 83.2 Å². The number of fused-ring (bicyclic) bond motifs is 3. The number of rotatable bonds is 7. The Kier molecular flexibility index (Phi) is 7.47. The van der Waals surface area contributed by atoms with Crippen LogP contribution in [0.1, 0.15) is 73.1 Å². The fourth-order valence-corrected chi connectivity index (χ4v) is 5.41. The summed E-state index contributed by atoms with van der Waals surface area (Å²) in [6.07, 6.45) is 1.44. The maximum atomic E-state index is 12.9. The Bertz CT molecular complexity index is 1430. The summed E-state index contributed by atoms with van der Waals surface area (Å²) in [6, 6.07) is 22.2. The van der Waals surface area contributed by atoms with Crippen LogP contribution in [-0.4, -0.2) is 43.3 Å². The molecule has 0 unspecified atom stereocenters. The molecule has 1 saturated heterocycles. The molecular weight excluding hydrogens is 501 g/mol. The van der Waals surface area contributed by atoms with E-state index in [0.717, 1.165) is 16.6 Å². The number of amides is 1. The van der Waals surface area contributed by atoms with E-state index in [9.17, 15) is 9.59 Å². The molecule has 206 valence electrons. The summed E-state index contributed by atoms with van der Waals surface area (Å²) >= 11 is 0. The van der Waals surface area contributed by atoms with Gasteiger partial charge in [-0.2, -0.15) is 0 Å². The van der Waals surface area contributed by atoms with Gasteiger partial charge in [0.15, 0.2) is 5.78 Å².